The van der Waals surface area contributed by atoms with E-state index in [9.17, 15) is 0 Å². The third-order valence-corrected chi connectivity index (χ3v) is 4.57. The van der Waals surface area contributed by atoms with E-state index in [-0.39, 0.29) is 5.54 Å². The summed E-state index contributed by atoms with van der Waals surface area (Å²) in [5.74, 6) is 1.93. The van der Waals surface area contributed by atoms with E-state index >= 15 is 0 Å². The molecule has 2 unspecified atom stereocenters. The molecular formula is C16H30N+. The summed E-state index contributed by atoms with van der Waals surface area (Å²) >= 11 is 0. The largest absolute Gasteiger partial charge is 0.232 e. The van der Waals surface area contributed by atoms with E-state index in [4.69, 9.17) is 0 Å². The molecule has 1 heteroatoms. The Morgan fingerprint density at radius 2 is 1.53 bits per heavy atom. The lowest BCUT2D eigenvalue weighted by Crippen LogP contribution is -2.44. The summed E-state index contributed by atoms with van der Waals surface area (Å²) in [4.78, 5) is 0. The zero-order chi connectivity index (χ0) is 12.8. The van der Waals surface area contributed by atoms with Gasteiger partial charge in [-0.05, 0) is 46.0 Å². The van der Waals surface area contributed by atoms with Crippen molar-refractivity contribution < 1.29 is 4.58 Å². The summed E-state index contributed by atoms with van der Waals surface area (Å²) in [6.07, 6.45) is 5.76. The predicted molar refractivity (Wildman–Crippen MR) is 74.8 cm³/mol. The smallest absolute Gasteiger partial charge is 0.158 e. The molecule has 98 valence electrons. The molecule has 0 aromatic carbocycles. The van der Waals surface area contributed by atoms with E-state index < -0.39 is 0 Å². The van der Waals surface area contributed by atoms with Crippen LogP contribution in [0.25, 0.3) is 0 Å². The maximum Gasteiger partial charge on any atom is 0.158 e. The highest BCUT2D eigenvalue weighted by molar-refractivity contribution is 5.85. The molecule has 1 aliphatic carbocycles. The van der Waals surface area contributed by atoms with Crippen molar-refractivity contribution in [3.8, 4) is 0 Å². The molecule has 2 bridgehead atoms. The molecule has 0 saturated heterocycles. The van der Waals surface area contributed by atoms with Crippen molar-refractivity contribution in [3.63, 3.8) is 0 Å². The summed E-state index contributed by atoms with van der Waals surface area (Å²) in [6, 6.07) is 0. The first-order chi connectivity index (χ1) is 7.68. The minimum absolute atomic E-state index is 0.285. The van der Waals surface area contributed by atoms with E-state index in [0.717, 1.165) is 11.8 Å². The fourth-order valence-electron chi connectivity index (χ4n) is 3.67. The highest BCUT2D eigenvalue weighted by Gasteiger charge is 2.42. The molecule has 2 rings (SSSR count). The Labute approximate surface area is 107 Å². The summed E-state index contributed by atoms with van der Waals surface area (Å²) in [6.45, 7) is 15.6. The first kappa shape index (κ1) is 13.1. The Balaban J connectivity index is 2.42. The Morgan fingerprint density at radius 1 is 0.941 bits per heavy atom. The first-order valence-electron chi connectivity index (χ1n) is 7.32. The molecule has 0 N–H and O–H groups in total. The molecule has 2 aliphatic rings. The second-order valence-electron chi connectivity index (χ2n) is 8.23. The Bertz CT molecular complexity index is 292. The quantitative estimate of drug-likeness (QED) is 0.557. The van der Waals surface area contributed by atoms with Crippen LogP contribution in [0.5, 0.6) is 0 Å². The van der Waals surface area contributed by atoms with Gasteiger partial charge in [0.1, 0.15) is 6.54 Å². The van der Waals surface area contributed by atoms with Gasteiger partial charge in [0, 0.05) is 17.8 Å². The first-order valence-corrected chi connectivity index (χ1v) is 7.32. The summed E-state index contributed by atoms with van der Waals surface area (Å²) in [5.41, 5.74) is 2.32. The van der Waals surface area contributed by atoms with Gasteiger partial charge in [-0.1, -0.05) is 20.8 Å². The van der Waals surface area contributed by atoms with E-state index in [1.54, 1.807) is 5.71 Å². The monoisotopic (exact) mass is 236 g/mol. The lowest BCUT2D eigenvalue weighted by atomic mass is 9.83. The van der Waals surface area contributed by atoms with Crippen molar-refractivity contribution in [2.75, 3.05) is 6.54 Å². The van der Waals surface area contributed by atoms with Gasteiger partial charge in [-0.25, -0.2) is 4.58 Å². The van der Waals surface area contributed by atoms with Crippen LogP contribution in [-0.2, 0) is 0 Å². The van der Waals surface area contributed by atoms with E-state index in [1.165, 1.54) is 32.2 Å². The topological polar surface area (TPSA) is 3.01 Å². The molecule has 1 aliphatic heterocycles. The van der Waals surface area contributed by atoms with E-state index in [2.05, 4.69) is 46.1 Å². The van der Waals surface area contributed by atoms with Gasteiger partial charge in [0.05, 0.1) is 0 Å². The highest BCUT2D eigenvalue weighted by atomic mass is 15.1. The number of hydrogen-bond acceptors (Lipinski definition) is 0. The van der Waals surface area contributed by atoms with Crippen molar-refractivity contribution in [3.05, 3.63) is 0 Å². The molecule has 1 heterocycles. The fraction of sp³-hybridized carbons (Fsp3) is 0.938. The molecule has 2 atom stereocenters. The molecule has 0 spiro atoms. The molecule has 1 fully saturated rings. The average Bonchev–Trinajstić information content (AvgIpc) is 2.41. The van der Waals surface area contributed by atoms with Crippen molar-refractivity contribution in [2.24, 2.45) is 17.3 Å². The zero-order valence-electron chi connectivity index (χ0n) is 12.6. The van der Waals surface area contributed by atoms with Gasteiger partial charge < -0.3 is 0 Å². The van der Waals surface area contributed by atoms with Gasteiger partial charge in [0.2, 0.25) is 0 Å². The molecular weight excluding hydrogens is 206 g/mol. The Kier molecular flexibility index (Phi) is 3.16. The van der Waals surface area contributed by atoms with Crippen molar-refractivity contribution in [1.82, 2.24) is 0 Å². The van der Waals surface area contributed by atoms with Crippen LogP contribution < -0.4 is 0 Å². The van der Waals surface area contributed by atoms with Crippen LogP contribution in [0.15, 0.2) is 0 Å². The fourth-order valence-corrected chi connectivity index (χ4v) is 3.67. The third-order valence-electron chi connectivity index (χ3n) is 4.57. The van der Waals surface area contributed by atoms with Crippen molar-refractivity contribution in [1.29, 1.82) is 0 Å². The average molecular weight is 236 g/mol. The van der Waals surface area contributed by atoms with Crippen LogP contribution >= 0.6 is 0 Å². The van der Waals surface area contributed by atoms with Gasteiger partial charge in [-0.3, -0.25) is 0 Å². The van der Waals surface area contributed by atoms with E-state index in [1.807, 2.05) is 0 Å². The second kappa shape index (κ2) is 4.10. The molecule has 17 heavy (non-hydrogen) atoms. The minimum atomic E-state index is 0.285. The maximum atomic E-state index is 2.73. The molecule has 0 aromatic heterocycles. The van der Waals surface area contributed by atoms with Crippen LogP contribution in [0.2, 0.25) is 0 Å². The lowest BCUT2D eigenvalue weighted by molar-refractivity contribution is -0.605. The van der Waals surface area contributed by atoms with Gasteiger partial charge in [0.25, 0.3) is 0 Å². The summed E-state index contributed by atoms with van der Waals surface area (Å²) in [5, 5.41) is 0. The maximum absolute atomic E-state index is 2.73. The minimum Gasteiger partial charge on any atom is -0.232 e. The summed E-state index contributed by atoms with van der Waals surface area (Å²) < 4.78 is 2.73. The standard InChI is InChI=1S/C16H30N/c1-15(2,3)14-10-12-7-8-13(9-12)11-17(14)16(4,5)6/h12-13H,7-11H2,1-6H3/q+1. The number of rotatable bonds is 0. The molecule has 1 saturated carbocycles. The van der Waals surface area contributed by atoms with Gasteiger partial charge in [-0.2, -0.15) is 0 Å². The van der Waals surface area contributed by atoms with Gasteiger partial charge in [0.15, 0.2) is 11.3 Å². The third kappa shape index (κ3) is 2.74. The Hall–Kier alpha value is -0.330. The van der Waals surface area contributed by atoms with E-state index in [0.29, 0.717) is 5.41 Å². The zero-order valence-corrected chi connectivity index (χ0v) is 12.6. The lowest BCUT2D eigenvalue weighted by Gasteiger charge is -2.29. The number of hydrogen-bond donors (Lipinski definition) is 0. The molecule has 0 radical (unpaired) electrons. The van der Waals surface area contributed by atoms with Crippen molar-refractivity contribution >= 4 is 5.71 Å². The van der Waals surface area contributed by atoms with Crippen LogP contribution in [0.4, 0.5) is 0 Å². The van der Waals surface area contributed by atoms with Crippen LogP contribution in [0.1, 0.15) is 67.2 Å². The SMILES string of the molecule is CC(C)(C)C1=[N+](C(C)(C)C)CC2CCC(C1)C2. The summed E-state index contributed by atoms with van der Waals surface area (Å²) in [7, 11) is 0. The molecule has 0 aromatic rings. The predicted octanol–water partition coefficient (Wildman–Crippen LogP) is 4.10. The van der Waals surface area contributed by atoms with Gasteiger partial charge in [-0.15, -0.1) is 0 Å². The van der Waals surface area contributed by atoms with Crippen LogP contribution in [0.3, 0.4) is 0 Å². The van der Waals surface area contributed by atoms with Crippen molar-refractivity contribution in [2.45, 2.75) is 72.8 Å². The molecule has 1 nitrogen and oxygen atoms in total. The van der Waals surface area contributed by atoms with Crippen LogP contribution in [-0.4, -0.2) is 22.4 Å². The van der Waals surface area contributed by atoms with Crippen LogP contribution in [0, 0.1) is 17.3 Å². The normalized spacial score (nSPS) is 30.7. The highest BCUT2D eigenvalue weighted by Crippen LogP contribution is 2.39. The Morgan fingerprint density at radius 3 is 2.06 bits per heavy atom. The van der Waals surface area contributed by atoms with Gasteiger partial charge >= 0.3 is 0 Å². The second-order valence-corrected chi connectivity index (χ2v) is 8.23. The number of nitrogens with zero attached hydrogens (tertiary/aromatic N) is 1. The number of fused-ring (bicyclic) bond motifs is 2. The molecule has 0 amide bonds.